The monoisotopic (exact) mass is 608 g/mol. The van der Waals surface area contributed by atoms with Crippen molar-refractivity contribution in [3.8, 4) is 0 Å². The minimum absolute atomic E-state index is 0.0629. The van der Waals surface area contributed by atoms with Gasteiger partial charge in [-0.25, -0.2) is 13.1 Å². The second-order valence-electron chi connectivity index (χ2n) is 7.82. The molecule has 0 fully saturated rings. The average molecular weight is 610 g/mol. The minimum atomic E-state index is -3.71. The van der Waals surface area contributed by atoms with Crippen LogP contribution in [0.1, 0.15) is 28.1 Å². The molecule has 2 N–H and O–H groups in total. The van der Waals surface area contributed by atoms with Gasteiger partial charge < -0.3 is 5.32 Å². The standard InChI is InChI=1S/C24H26Br2N4O3S/c1-16-4-6-19(7-5-16)15-30-18(3)21(17(2)29-30)9-11-24(31)27-12-13-28-34(32,33)23-14-20(25)8-10-22(23)26/h4-11,14,28H,12-13,15H2,1-3H3,(H,27,31)/b11-9+. The van der Waals surface area contributed by atoms with E-state index in [2.05, 4.69) is 78.2 Å². The van der Waals surface area contributed by atoms with Gasteiger partial charge in [0.1, 0.15) is 0 Å². The fourth-order valence-corrected chi connectivity index (χ4v) is 5.85. The molecule has 1 heterocycles. The fraction of sp³-hybridized carbons (Fsp3) is 0.250. The first-order valence-electron chi connectivity index (χ1n) is 10.6. The number of benzene rings is 2. The molecule has 1 aromatic heterocycles. The zero-order valence-corrected chi connectivity index (χ0v) is 23.1. The molecule has 0 aliphatic carbocycles. The predicted molar refractivity (Wildman–Crippen MR) is 141 cm³/mol. The summed E-state index contributed by atoms with van der Waals surface area (Å²) in [6.45, 7) is 6.80. The van der Waals surface area contributed by atoms with Crippen molar-refractivity contribution in [1.82, 2.24) is 19.8 Å². The Balaban J connectivity index is 1.54. The third-order valence-electron chi connectivity index (χ3n) is 5.19. The third-order valence-corrected chi connectivity index (χ3v) is 8.14. The summed E-state index contributed by atoms with van der Waals surface area (Å²) < 4.78 is 30.5. The molecule has 0 atom stereocenters. The van der Waals surface area contributed by atoms with Gasteiger partial charge in [0.2, 0.25) is 15.9 Å². The first kappa shape index (κ1) is 26.3. The summed E-state index contributed by atoms with van der Waals surface area (Å²) in [6.07, 6.45) is 3.17. The summed E-state index contributed by atoms with van der Waals surface area (Å²) in [7, 11) is -3.71. The van der Waals surface area contributed by atoms with Crippen molar-refractivity contribution in [2.75, 3.05) is 13.1 Å². The summed E-state index contributed by atoms with van der Waals surface area (Å²) in [5, 5.41) is 7.29. The summed E-state index contributed by atoms with van der Waals surface area (Å²) in [5.74, 6) is -0.312. The van der Waals surface area contributed by atoms with Gasteiger partial charge in [-0.3, -0.25) is 9.48 Å². The highest BCUT2D eigenvalue weighted by Gasteiger charge is 2.17. The summed E-state index contributed by atoms with van der Waals surface area (Å²) >= 11 is 6.52. The quantitative estimate of drug-likeness (QED) is 0.276. The Morgan fingerprint density at radius 3 is 2.47 bits per heavy atom. The number of amides is 1. The van der Waals surface area contributed by atoms with E-state index in [1.54, 1.807) is 18.2 Å². The van der Waals surface area contributed by atoms with Crippen molar-refractivity contribution in [1.29, 1.82) is 0 Å². The predicted octanol–water partition coefficient (Wildman–Crippen LogP) is 4.49. The topological polar surface area (TPSA) is 93.1 Å². The summed E-state index contributed by atoms with van der Waals surface area (Å²) in [5.41, 5.74) is 5.06. The number of rotatable bonds is 9. The second kappa shape index (κ2) is 11.4. The van der Waals surface area contributed by atoms with Crippen molar-refractivity contribution in [3.05, 3.63) is 85.6 Å². The van der Waals surface area contributed by atoms with Gasteiger partial charge >= 0.3 is 0 Å². The van der Waals surface area contributed by atoms with Crippen LogP contribution in [0.3, 0.4) is 0 Å². The third kappa shape index (κ3) is 6.88. The van der Waals surface area contributed by atoms with Crippen molar-refractivity contribution < 1.29 is 13.2 Å². The lowest BCUT2D eigenvalue weighted by atomic mass is 10.1. The molecule has 0 unspecified atom stereocenters. The van der Waals surface area contributed by atoms with E-state index in [1.165, 1.54) is 17.7 Å². The molecule has 3 rings (SSSR count). The Labute approximate surface area is 217 Å². The van der Waals surface area contributed by atoms with E-state index < -0.39 is 10.0 Å². The molecule has 7 nitrogen and oxygen atoms in total. The molecule has 0 aliphatic heterocycles. The molecule has 34 heavy (non-hydrogen) atoms. The minimum Gasteiger partial charge on any atom is -0.351 e. The van der Waals surface area contributed by atoms with Gasteiger partial charge in [0, 0.05) is 39.4 Å². The van der Waals surface area contributed by atoms with E-state index in [9.17, 15) is 13.2 Å². The van der Waals surface area contributed by atoms with Crippen LogP contribution in [0.5, 0.6) is 0 Å². The van der Waals surface area contributed by atoms with Gasteiger partial charge in [0.25, 0.3) is 0 Å². The van der Waals surface area contributed by atoms with Crippen LogP contribution >= 0.6 is 31.9 Å². The Kier molecular flexibility index (Phi) is 8.86. The highest BCUT2D eigenvalue weighted by Crippen LogP contribution is 2.25. The maximum Gasteiger partial charge on any atom is 0.244 e. The lowest BCUT2D eigenvalue weighted by Gasteiger charge is -2.09. The van der Waals surface area contributed by atoms with Crippen LogP contribution in [-0.4, -0.2) is 37.2 Å². The Bertz CT molecular complexity index is 1320. The number of hydrogen-bond acceptors (Lipinski definition) is 4. The number of carbonyl (C=O) groups is 1. The van der Waals surface area contributed by atoms with Crippen molar-refractivity contribution in [2.45, 2.75) is 32.2 Å². The van der Waals surface area contributed by atoms with E-state index in [-0.39, 0.29) is 23.9 Å². The molecule has 0 aliphatic rings. The van der Waals surface area contributed by atoms with E-state index in [0.717, 1.165) is 22.5 Å². The lowest BCUT2D eigenvalue weighted by Crippen LogP contribution is -2.34. The van der Waals surface area contributed by atoms with E-state index in [4.69, 9.17) is 0 Å². The normalized spacial score (nSPS) is 11.8. The van der Waals surface area contributed by atoms with Crippen LogP contribution in [0.25, 0.3) is 6.08 Å². The Morgan fingerprint density at radius 1 is 1.06 bits per heavy atom. The molecule has 1 amide bonds. The molecular weight excluding hydrogens is 584 g/mol. The molecule has 0 spiro atoms. The van der Waals surface area contributed by atoms with Crippen LogP contribution < -0.4 is 10.0 Å². The molecular formula is C24H26Br2N4O3S. The zero-order valence-electron chi connectivity index (χ0n) is 19.1. The van der Waals surface area contributed by atoms with Crippen molar-refractivity contribution >= 4 is 53.9 Å². The Morgan fingerprint density at radius 2 is 1.76 bits per heavy atom. The summed E-state index contributed by atoms with van der Waals surface area (Å²) in [4.78, 5) is 12.4. The first-order valence-corrected chi connectivity index (χ1v) is 13.6. The van der Waals surface area contributed by atoms with Crippen molar-refractivity contribution in [3.63, 3.8) is 0 Å². The molecule has 2 aromatic carbocycles. The highest BCUT2D eigenvalue weighted by atomic mass is 79.9. The molecule has 10 heteroatoms. The summed E-state index contributed by atoms with van der Waals surface area (Å²) in [6, 6.07) is 13.2. The van der Waals surface area contributed by atoms with Gasteiger partial charge in [0.05, 0.1) is 17.1 Å². The number of nitrogens with one attached hydrogen (secondary N) is 2. The average Bonchev–Trinajstić information content (AvgIpc) is 3.05. The second-order valence-corrected chi connectivity index (χ2v) is 11.3. The van der Waals surface area contributed by atoms with E-state index in [1.807, 2.05) is 18.5 Å². The molecule has 0 saturated heterocycles. The van der Waals surface area contributed by atoms with Gasteiger partial charge in [-0.1, -0.05) is 45.8 Å². The van der Waals surface area contributed by atoms with E-state index >= 15 is 0 Å². The van der Waals surface area contributed by atoms with Gasteiger partial charge in [-0.2, -0.15) is 5.10 Å². The number of halogens is 2. The molecule has 3 aromatic rings. The van der Waals surface area contributed by atoms with Gasteiger partial charge in [-0.05, 0) is 66.5 Å². The SMILES string of the molecule is Cc1ccc(Cn2nc(C)c(/C=C/C(=O)NCCNS(=O)(=O)c3cc(Br)ccc3Br)c2C)cc1. The number of aromatic nitrogens is 2. The van der Waals surface area contributed by atoms with Gasteiger partial charge in [-0.15, -0.1) is 0 Å². The number of hydrogen-bond donors (Lipinski definition) is 2. The smallest absolute Gasteiger partial charge is 0.244 e. The number of aryl methyl sites for hydroxylation is 2. The molecule has 0 bridgehead atoms. The van der Waals surface area contributed by atoms with Crippen LogP contribution in [0.4, 0.5) is 0 Å². The lowest BCUT2D eigenvalue weighted by molar-refractivity contribution is -0.116. The van der Waals surface area contributed by atoms with Gasteiger partial charge in [0.15, 0.2) is 0 Å². The first-order chi connectivity index (χ1) is 16.1. The van der Waals surface area contributed by atoms with Crippen LogP contribution in [0.15, 0.2) is 62.4 Å². The molecule has 180 valence electrons. The van der Waals surface area contributed by atoms with Crippen molar-refractivity contribution in [2.24, 2.45) is 0 Å². The number of nitrogens with zero attached hydrogens (tertiary/aromatic N) is 2. The molecule has 0 saturated carbocycles. The number of sulfonamides is 1. The molecule has 0 radical (unpaired) electrons. The maximum atomic E-state index is 12.5. The fourth-order valence-electron chi connectivity index (χ4n) is 3.32. The van der Waals surface area contributed by atoms with Crippen LogP contribution in [-0.2, 0) is 21.4 Å². The zero-order chi connectivity index (χ0) is 24.9. The van der Waals surface area contributed by atoms with Crippen LogP contribution in [0, 0.1) is 20.8 Å². The highest BCUT2D eigenvalue weighted by molar-refractivity contribution is 9.11. The number of carbonyl (C=O) groups excluding carboxylic acids is 1. The maximum absolute atomic E-state index is 12.5. The van der Waals surface area contributed by atoms with Crippen LogP contribution in [0.2, 0.25) is 0 Å². The Hall–Kier alpha value is -2.27. The largest absolute Gasteiger partial charge is 0.351 e. The van der Waals surface area contributed by atoms with E-state index in [0.29, 0.717) is 15.5 Å².